The minimum absolute atomic E-state index is 0.0627. The fraction of sp³-hybridized carbons (Fsp3) is 0. The number of hydrogen-bond acceptors (Lipinski definition) is 3. The lowest BCUT2D eigenvalue weighted by Crippen LogP contribution is -2.20. The highest BCUT2D eigenvalue weighted by Gasteiger charge is 2.11. The Balaban J connectivity index is 2.38. The minimum atomic E-state index is -1.05. The van der Waals surface area contributed by atoms with Gasteiger partial charge in [-0.3, -0.25) is 14.5 Å². The Hall–Kier alpha value is -2.35. The number of rotatable bonds is 1. The number of hydrogen-bond donors (Lipinski definition) is 2. The van der Waals surface area contributed by atoms with Crippen LogP contribution in [-0.2, 0) is 0 Å². The third-order valence-electron chi connectivity index (χ3n) is 2.67. The number of benzene rings is 1. The van der Waals surface area contributed by atoms with E-state index in [1.165, 1.54) is 12.3 Å². The van der Waals surface area contributed by atoms with Crippen molar-refractivity contribution in [3.63, 3.8) is 0 Å². The first-order chi connectivity index (χ1) is 9.08. The van der Waals surface area contributed by atoms with Gasteiger partial charge in [-0.1, -0.05) is 0 Å². The molecule has 0 saturated carbocycles. The van der Waals surface area contributed by atoms with Crippen molar-refractivity contribution in [2.24, 2.45) is 0 Å². The molecule has 0 fully saturated rings. The van der Waals surface area contributed by atoms with Crippen LogP contribution in [0.5, 0.6) is 0 Å². The fourth-order valence-electron chi connectivity index (χ4n) is 1.78. The third-order valence-corrected chi connectivity index (χ3v) is 2.95. The molecular formula is C11H6F2N4OS. The molecule has 0 aliphatic carbocycles. The van der Waals surface area contributed by atoms with E-state index in [0.29, 0.717) is 5.65 Å². The van der Waals surface area contributed by atoms with E-state index >= 15 is 0 Å². The number of nitrogens with one attached hydrogen (secondary N) is 2. The summed E-state index contributed by atoms with van der Waals surface area (Å²) in [6.45, 7) is 0. The van der Waals surface area contributed by atoms with Crippen LogP contribution in [-0.4, -0.2) is 19.7 Å². The molecule has 1 aromatic carbocycles. The van der Waals surface area contributed by atoms with Crippen molar-refractivity contribution in [1.29, 1.82) is 0 Å². The van der Waals surface area contributed by atoms with E-state index in [0.717, 1.165) is 16.7 Å². The van der Waals surface area contributed by atoms with Crippen LogP contribution in [0.3, 0.4) is 0 Å². The lowest BCUT2D eigenvalue weighted by Gasteiger charge is -2.06. The molecule has 0 radical (unpaired) electrons. The van der Waals surface area contributed by atoms with Crippen molar-refractivity contribution in [2.45, 2.75) is 0 Å². The Labute approximate surface area is 109 Å². The first kappa shape index (κ1) is 11.7. The van der Waals surface area contributed by atoms with Gasteiger partial charge in [-0.25, -0.2) is 8.78 Å². The maximum absolute atomic E-state index is 13.2. The summed E-state index contributed by atoms with van der Waals surface area (Å²) in [6.07, 6.45) is 1.33. The van der Waals surface area contributed by atoms with Crippen molar-refractivity contribution >= 4 is 23.3 Å². The molecule has 0 aliphatic rings. The Bertz CT molecular complexity index is 896. The van der Waals surface area contributed by atoms with Gasteiger partial charge in [-0.15, -0.1) is 0 Å². The summed E-state index contributed by atoms with van der Waals surface area (Å²) in [4.78, 5) is 15.0. The molecule has 96 valence electrons. The van der Waals surface area contributed by atoms with Crippen molar-refractivity contribution in [3.8, 4) is 5.69 Å². The zero-order valence-corrected chi connectivity index (χ0v) is 10.1. The van der Waals surface area contributed by atoms with Crippen LogP contribution in [0.25, 0.3) is 16.7 Å². The van der Waals surface area contributed by atoms with Crippen LogP contribution in [0, 0.1) is 16.4 Å². The quantitative estimate of drug-likeness (QED) is 0.670. The Morgan fingerprint density at radius 3 is 2.79 bits per heavy atom. The standard InChI is InChI=1S/C11H6F2N4OS/c12-7-2-1-5(3-8(7)13)17-10(18)6-4-14-16-9(6)15-11(17)19/h1-4H,(H2,14,15,16,19). The summed E-state index contributed by atoms with van der Waals surface area (Å²) < 4.78 is 27.3. The Kier molecular flexibility index (Phi) is 2.53. The SMILES string of the molecule is O=c1c2cn[nH]c2[nH]c(=S)n1-c1ccc(F)c(F)c1. The van der Waals surface area contributed by atoms with E-state index < -0.39 is 17.2 Å². The normalized spacial score (nSPS) is 11.1. The smallest absolute Gasteiger partial charge is 0.270 e. The lowest BCUT2D eigenvalue weighted by atomic mass is 10.3. The van der Waals surface area contributed by atoms with Crippen LogP contribution in [0.2, 0.25) is 0 Å². The third kappa shape index (κ3) is 1.76. The number of fused-ring (bicyclic) bond motifs is 1. The maximum atomic E-state index is 13.2. The molecule has 2 heterocycles. The van der Waals surface area contributed by atoms with Gasteiger partial charge < -0.3 is 4.98 Å². The molecule has 2 N–H and O–H groups in total. The van der Waals surface area contributed by atoms with Gasteiger partial charge in [0.1, 0.15) is 11.0 Å². The number of halogens is 2. The van der Waals surface area contributed by atoms with Gasteiger partial charge in [-0.05, 0) is 24.4 Å². The summed E-state index contributed by atoms with van der Waals surface area (Å²) in [6, 6.07) is 3.12. The van der Waals surface area contributed by atoms with Gasteiger partial charge in [-0.2, -0.15) is 5.10 Å². The largest absolute Gasteiger partial charge is 0.316 e. The highest BCUT2D eigenvalue weighted by Crippen LogP contribution is 2.13. The van der Waals surface area contributed by atoms with E-state index in [4.69, 9.17) is 12.2 Å². The van der Waals surface area contributed by atoms with Crippen molar-refractivity contribution < 1.29 is 8.78 Å². The topological polar surface area (TPSA) is 66.5 Å². The van der Waals surface area contributed by atoms with Crippen LogP contribution in [0.4, 0.5) is 8.78 Å². The molecular weight excluding hydrogens is 274 g/mol. The Morgan fingerprint density at radius 1 is 1.26 bits per heavy atom. The summed E-state index contributed by atoms with van der Waals surface area (Å²) in [7, 11) is 0. The van der Waals surface area contributed by atoms with Gasteiger partial charge in [0, 0.05) is 6.07 Å². The second kappa shape index (κ2) is 4.09. The summed E-state index contributed by atoms with van der Waals surface area (Å²) in [5.41, 5.74) is 0.0700. The maximum Gasteiger partial charge on any atom is 0.270 e. The molecule has 3 rings (SSSR count). The van der Waals surface area contributed by atoms with Crippen LogP contribution < -0.4 is 5.56 Å². The summed E-state index contributed by atoms with van der Waals surface area (Å²) >= 11 is 5.03. The van der Waals surface area contributed by atoms with E-state index in [1.807, 2.05) is 0 Å². The first-order valence-electron chi connectivity index (χ1n) is 5.22. The number of aromatic nitrogens is 4. The van der Waals surface area contributed by atoms with Crippen molar-refractivity contribution in [2.75, 3.05) is 0 Å². The monoisotopic (exact) mass is 280 g/mol. The molecule has 5 nitrogen and oxygen atoms in total. The van der Waals surface area contributed by atoms with E-state index in [1.54, 1.807) is 0 Å². The summed E-state index contributed by atoms with van der Waals surface area (Å²) in [5, 5.41) is 6.58. The molecule has 0 saturated heterocycles. The Morgan fingerprint density at radius 2 is 2.05 bits per heavy atom. The van der Waals surface area contributed by atoms with Crippen LogP contribution in [0.15, 0.2) is 29.2 Å². The second-order valence-corrected chi connectivity index (χ2v) is 4.21. The molecule has 19 heavy (non-hydrogen) atoms. The predicted molar refractivity (Wildman–Crippen MR) is 66.8 cm³/mol. The van der Waals surface area contributed by atoms with Gasteiger partial charge in [0.2, 0.25) is 0 Å². The zero-order chi connectivity index (χ0) is 13.6. The molecule has 0 bridgehead atoms. The highest BCUT2D eigenvalue weighted by molar-refractivity contribution is 7.71. The second-order valence-electron chi connectivity index (χ2n) is 3.83. The highest BCUT2D eigenvalue weighted by atomic mass is 32.1. The van der Waals surface area contributed by atoms with Gasteiger partial charge in [0.15, 0.2) is 16.4 Å². The zero-order valence-electron chi connectivity index (χ0n) is 9.28. The molecule has 0 unspecified atom stereocenters. The van der Waals surface area contributed by atoms with Gasteiger partial charge in [0.05, 0.1) is 11.9 Å². The van der Waals surface area contributed by atoms with Crippen molar-refractivity contribution in [1.82, 2.24) is 19.7 Å². The lowest BCUT2D eigenvalue weighted by molar-refractivity contribution is 0.508. The number of H-pyrrole nitrogens is 2. The first-order valence-corrected chi connectivity index (χ1v) is 5.62. The molecule has 2 aromatic heterocycles. The molecule has 8 heteroatoms. The van der Waals surface area contributed by atoms with Crippen molar-refractivity contribution in [3.05, 3.63) is 51.2 Å². The average molecular weight is 280 g/mol. The molecule has 3 aromatic rings. The molecule has 0 spiro atoms. The van der Waals surface area contributed by atoms with E-state index in [9.17, 15) is 13.6 Å². The molecule has 0 atom stereocenters. The van der Waals surface area contributed by atoms with Gasteiger partial charge >= 0.3 is 0 Å². The fourth-order valence-corrected chi connectivity index (χ4v) is 2.07. The predicted octanol–water partition coefficient (Wildman–Crippen LogP) is 2.05. The van der Waals surface area contributed by atoms with Gasteiger partial charge in [0.25, 0.3) is 5.56 Å². The van der Waals surface area contributed by atoms with Crippen LogP contribution >= 0.6 is 12.2 Å². The minimum Gasteiger partial charge on any atom is -0.316 e. The number of nitrogens with zero attached hydrogens (tertiary/aromatic N) is 2. The van der Waals surface area contributed by atoms with E-state index in [-0.39, 0.29) is 15.8 Å². The van der Waals surface area contributed by atoms with E-state index in [2.05, 4.69) is 15.2 Å². The average Bonchev–Trinajstić information content (AvgIpc) is 2.82. The number of aromatic amines is 2. The molecule has 0 amide bonds. The molecule has 0 aliphatic heterocycles. The summed E-state index contributed by atoms with van der Waals surface area (Å²) in [5.74, 6) is -2.04. The van der Waals surface area contributed by atoms with Crippen LogP contribution in [0.1, 0.15) is 0 Å².